The molecule has 1 aromatic heterocycles. The number of carbonyl (C=O) groups excluding carboxylic acids is 1. The minimum absolute atomic E-state index is 0.104. The number of hydrogen-bond donors (Lipinski definition) is 3. The van der Waals surface area contributed by atoms with Crippen molar-refractivity contribution in [1.82, 2.24) is 9.47 Å². The van der Waals surface area contributed by atoms with Crippen LogP contribution in [0.3, 0.4) is 0 Å². The largest absolute Gasteiger partial charge is 0.477 e. The molecule has 0 aliphatic carbocycles. The third kappa shape index (κ3) is 6.28. The van der Waals surface area contributed by atoms with Gasteiger partial charge in [0.1, 0.15) is 15.3 Å². The van der Waals surface area contributed by atoms with Crippen LogP contribution in [0.4, 0.5) is 11.4 Å². The van der Waals surface area contributed by atoms with Gasteiger partial charge >= 0.3 is 5.97 Å². The average molecular weight is 444 g/mol. The van der Waals surface area contributed by atoms with Crippen LogP contribution in [0, 0.1) is 11.3 Å². The van der Waals surface area contributed by atoms with Gasteiger partial charge in [0.05, 0.1) is 6.54 Å². The predicted octanol–water partition coefficient (Wildman–Crippen LogP) is 0.819. The minimum atomic E-state index is -1.38. The Balaban J connectivity index is 2.28. The van der Waals surface area contributed by atoms with Gasteiger partial charge in [0.15, 0.2) is 5.57 Å². The summed E-state index contributed by atoms with van der Waals surface area (Å²) in [5.41, 5.74) is 0.394. The van der Waals surface area contributed by atoms with E-state index in [9.17, 15) is 19.5 Å². The number of rotatable bonds is 9. The highest BCUT2D eigenvalue weighted by Gasteiger charge is 2.13. The van der Waals surface area contributed by atoms with Crippen molar-refractivity contribution in [2.45, 2.75) is 26.8 Å². The minimum Gasteiger partial charge on any atom is -0.477 e. The highest BCUT2D eigenvalue weighted by atomic mass is 32.1. The van der Waals surface area contributed by atoms with Gasteiger partial charge in [0.2, 0.25) is 5.91 Å². The number of thiazole rings is 1. The second-order valence-electron chi connectivity index (χ2n) is 6.77. The van der Waals surface area contributed by atoms with E-state index < -0.39 is 11.5 Å². The van der Waals surface area contributed by atoms with E-state index in [0.29, 0.717) is 11.4 Å². The fourth-order valence-electron chi connectivity index (χ4n) is 2.92. The van der Waals surface area contributed by atoms with Gasteiger partial charge in [-0.05, 0) is 45.1 Å². The molecule has 3 N–H and O–H groups in total. The summed E-state index contributed by atoms with van der Waals surface area (Å²) in [6, 6.07) is 8.66. The van der Waals surface area contributed by atoms with Crippen molar-refractivity contribution < 1.29 is 14.7 Å². The molecule has 10 heteroatoms. The summed E-state index contributed by atoms with van der Waals surface area (Å²) in [6.45, 7) is 5.11. The third-order valence-electron chi connectivity index (χ3n) is 4.30. The molecule has 1 amide bonds. The monoisotopic (exact) mass is 443 g/mol. The maximum atomic E-state index is 12.6. The summed E-state index contributed by atoms with van der Waals surface area (Å²) in [7, 11) is 1.88. The molecule has 0 spiro atoms. The van der Waals surface area contributed by atoms with Gasteiger partial charge in [-0.3, -0.25) is 19.1 Å². The van der Waals surface area contributed by atoms with Gasteiger partial charge in [0, 0.05) is 24.1 Å². The zero-order chi connectivity index (χ0) is 23.0. The number of amides is 1. The second-order valence-corrected chi connectivity index (χ2v) is 7.80. The molecule has 0 saturated heterocycles. The number of nitrogens with zero attached hydrogens (tertiary/aromatic N) is 3. The molecule has 2 aromatic rings. The lowest BCUT2D eigenvalue weighted by Gasteiger charge is -2.15. The van der Waals surface area contributed by atoms with E-state index in [0.717, 1.165) is 24.3 Å². The normalized spacial score (nSPS) is 12.4. The Morgan fingerprint density at radius 3 is 2.65 bits per heavy atom. The molecule has 0 saturated carbocycles. The van der Waals surface area contributed by atoms with Crippen LogP contribution in [-0.2, 0) is 16.1 Å². The number of carbonyl (C=O) groups is 2. The van der Waals surface area contributed by atoms with Crippen molar-refractivity contribution in [2.75, 3.05) is 30.8 Å². The number of nitrogens with one attached hydrogen (secondary N) is 2. The molecule has 0 atom stereocenters. The van der Waals surface area contributed by atoms with Crippen LogP contribution >= 0.6 is 11.3 Å². The summed E-state index contributed by atoms with van der Waals surface area (Å²) < 4.78 is 1.63. The standard InChI is InChI=1S/C21H25N5O4S/c1-4-9-25(3)13-18(27)24-15-8-6-7-14(10-15)23-12-17-19(28)26(5-2)20(31-17)16(11-22)21(29)30/h6-8,10,12,23H,4-5,9,13H2,1-3H3,(H,24,27)(H,29,30). The number of hydrogen-bond acceptors (Lipinski definition) is 7. The number of nitriles is 1. The average Bonchev–Trinajstić information content (AvgIpc) is 3.02. The molecular formula is C21H25N5O4S. The first-order valence-corrected chi connectivity index (χ1v) is 10.5. The fraction of sp³-hybridized carbons (Fsp3) is 0.333. The van der Waals surface area contributed by atoms with Crippen LogP contribution in [-0.4, -0.2) is 46.6 Å². The molecule has 1 aromatic carbocycles. The van der Waals surface area contributed by atoms with Gasteiger partial charge in [-0.15, -0.1) is 11.3 Å². The van der Waals surface area contributed by atoms with Crippen LogP contribution in [0.2, 0.25) is 0 Å². The number of likely N-dealkylation sites (N-methyl/N-ethyl adjacent to an activating group) is 1. The van der Waals surface area contributed by atoms with E-state index in [2.05, 4.69) is 10.6 Å². The highest BCUT2D eigenvalue weighted by Crippen LogP contribution is 2.15. The Hall–Kier alpha value is -3.42. The maximum Gasteiger partial charge on any atom is 0.349 e. The molecule has 0 bridgehead atoms. The first kappa shape index (κ1) is 23.9. The number of benzene rings is 1. The molecule has 9 nitrogen and oxygen atoms in total. The van der Waals surface area contributed by atoms with Gasteiger partial charge in [-0.2, -0.15) is 5.26 Å². The van der Waals surface area contributed by atoms with Gasteiger partial charge in [0.25, 0.3) is 5.56 Å². The van der Waals surface area contributed by atoms with Gasteiger partial charge < -0.3 is 15.7 Å². The van der Waals surface area contributed by atoms with Crippen molar-refractivity contribution >= 4 is 46.4 Å². The molecular weight excluding hydrogens is 418 g/mol. The molecule has 31 heavy (non-hydrogen) atoms. The van der Waals surface area contributed by atoms with Gasteiger partial charge in [-0.1, -0.05) is 13.0 Å². The zero-order valence-corrected chi connectivity index (χ0v) is 18.5. The van der Waals surface area contributed by atoms with E-state index >= 15 is 0 Å². The summed E-state index contributed by atoms with van der Waals surface area (Å²) >= 11 is 0.934. The Labute approximate surface area is 183 Å². The number of carboxylic acid groups (broad SMARTS) is 1. The van der Waals surface area contributed by atoms with Crippen LogP contribution in [0.1, 0.15) is 20.3 Å². The van der Waals surface area contributed by atoms with Crippen molar-refractivity contribution in [3.63, 3.8) is 0 Å². The quantitative estimate of drug-likeness (QED) is 0.523. The Bertz CT molecular complexity index is 1180. The van der Waals surface area contributed by atoms with Crippen molar-refractivity contribution in [3.8, 4) is 6.07 Å². The van der Waals surface area contributed by atoms with E-state index in [4.69, 9.17) is 5.26 Å². The summed E-state index contributed by atoms with van der Waals surface area (Å²) in [4.78, 5) is 38.0. The topological polar surface area (TPSA) is 127 Å². The SMILES string of the molecule is CCCN(C)CC(=O)Nc1cccc(NC=c2sc(=C(C#N)C(=O)O)n(CC)c2=O)c1. The maximum absolute atomic E-state index is 12.6. The van der Waals surface area contributed by atoms with E-state index in [1.54, 1.807) is 37.3 Å². The summed E-state index contributed by atoms with van der Waals surface area (Å²) in [5.74, 6) is -1.50. The van der Waals surface area contributed by atoms with E-state index in [1.165, 1.54) is 10.8 Å². The number of aromatic nitrogens is 1. The summed E-state index contributed by atoms with van der Waals surface area (Å²) in [5, 5.41) is 24.2. The Morgan fingerprint density at radius 2 is 2.03 bits per heavy atom. The van der Waals surface area contributed by atoms with Crippen molar-refractivity contribution in [3.05, 3.63) is 43.8 Å². The zero-order valence-electron chi connectivity index (χ0n) is 17.6. The smallest absolute Gasteiger partial charge is 0.349 e. The molecule has 0 aliphatic heterocycles. The molecule has 0 aliphatic rings. The summed E-state index contributed by atoms with van der Waals surface area (Å²) in [6.07, 6.45) is 2.43. The molecule has 0 radical (unpaired) electrons. The molecule has 0 fully saturated rings. The van der Waals surface area contributed by atoms with Crippen LogP contribution in [0.5, 0.6) is 0 Å². The van der Waals surface area contributed by atoms with Crippen molar-refractivity contribution in [2.24, 2.45) is 0 Å². The second kappa shape index (κ2) is 11.1. The molecule has 2 rings (SSSR count). The molecule has 164 valence electrons. The van der Waals surface area contributed by atoms with E-state index in [-0.39, 0.29) is 33.8 Å². The number of carboxylic acids is 1. The first-order valence-electron chi connectivity index (χ1n) is 9.73. The molecule has 1 heterocycles. The highest BCUT2D eigenvalue weighted by molar-refractivity contribution is 7.07. The third-order valence-corrected chi connectivity index (χ3v) is 5.43. The van der Waals surface area contributed by atoms with Crippen LogP contribution in [0.15, 0.2) is 29.1 Å². The lowest BCUT2D eigenvalue weighted by molar-refractivity contribution is -0.130. The lowest BCUT2D eigenvalue weighted by Crippen LogP contribution is -2.32. The Morgan fingerprint density at radius 1 is 1.32 bits per heavy atom. The first-order chi connectivity index (χ1) is 14.8. The van der Waals surface area contributed by atoms with E-state index in [1.807, 2.05) is 18.9 Å². The van der Waals surface area contributed by atoms with Crippen LogP contribution < -0.4 is 25.4 Å². The number of anilines is 2. The van der Waals surface area contributed by atoms with Crippen LogP contribution in [0.25, 0.3) is 11.8 Å². The van der Waals surface area contributed by atoms with Crippen molar-refractivity contribution in [1.29, 1.82) is 5.26 Å². The number of aliphatic carboxylic acids is 1. The Kier molecular flexibility index (Phi) is 8.54. The molecule has 0 unspecified atom stereocenters. The van der Waals surface area contributed by atoms with Gasteiger partial charge in [-0.25, -0.2) is 4.79 Å². The fourth-order valence-corrected chi connectivity index (χ4v) is 4.00. The lowest BCUT2D eigenvalue weighted by atomic mass is 10.2. The predicted molar refractivity (Wildman–Crippen MR) is 121 cm³/mol.